The van der Waals surface area contributed by atoms with Gasteiger partial charge in [0.15, 0.2) is 5.65 Å². The van der Waals surface area contributed by atoms with E-state index in [4.69, 9.17) is 5.11 Å². The predicted octanol–water partition coefficient (Wildman–Crippen LogP) is -0.00790. The van der Waals surface area contributed by atoms with Crippen LogP contribution in [0.15, 0.2) is 16.9 Å². The Morgan fingerprint density at radius 3 is 3.06 bits per heavy atom. The minimum Gasteiger partial charge on any atom is -0.396 e. The quantitative estimate of drug-likeness (QED) is 0.693. The molecule has 0 saturated heterocycles. The molecule has 1 aliphatic carbocycles. The fraction of sp³-hybridized carbons (Fsp3) is 0.545. The molecule has 2 aromatic rings. The highest BCUT2D eigenvalue weighted by Crippen LogP contribution is 2.48. The first-order chi connectivity index (χ1) is 8.72. The molecule has 2 aromatic heterocycles. The predicted molar refractivity (Wildman–Crippen MR) is 65.5 cm³/mol. The summed E-state index contributed by atoms with van der Waals surface area (Å²) in [5, 5.41) is 22.5. The Hall–Kier alpha value is -1.89. The molecule has 0 aromatic carbocycles. The molecule has 0 radical (unpaired) electrons. The Morgan fingerprint density at radius 1 is 1.50 bits per heavy atom. The van der Waals surface area contributed by atoms with E-state index in [2.05, 4.69) is 20.6 Å². The Kier molecular flexibility index (Phi) is 2.55. The number of anilines is 1. The molecule has 2 heterocycles. The molecule has 0 aliphatic heterocycles. The van der Waals surface area contributed by atoms with Gasteiger partial charge in [-0.15, -0.1) is 5.10 Å². The maximum Gasteiger partial charge on any atom is 0.364 e. The van der Waals surface area contributed by atoms with Crippen molar-refractivity contribution in [2.75, 3.05) is 18.5 Å². The van der Waals surface area contributed by atoms with Crippen LogP contribution in [-0.2, 0) is 0 Å². The van der Waals surface area contributed by atoms with Crippen LogP contribution in [-0.4, -0.2) is 38.1 Å². The molecule has 1 fully saturated rings. The van der Waals surface area contributed by atoms with E-state index in [0.29, 0.717) is 11.5 Å². The van der Waals surface area contributed by atoms with E-state index < -0.39 is 0 Å². The SMILES string of the molecule is O=c1[nH]nc2ccc(NCC3(CCO)CC3)nn12. The number of aromatic nitrogens is 4. The van der Waals surface area contributed by atoms with Crippen LogP contribution in [0.2, 0.25) is 0 Å². The lowest BCUT2D eigenvalue weighted by Crippen LogP contribution is -2.19. The molecule has 1 aliphatic rings. The molecule has 1 saturated carbocycles. The van der Waals surface area contributed by atoms with Gasteiger partial charge in [0.05, 0.1) is 0 Å². The Bertz CT molecular complexity index is 613. The molecular weight excluding hydrogens is 234 g/mol. The van der Waals surface area contributed by atoms with E-state index >= 15 is 0 Å². The average Bonchev–Trinajstić information content (AvgIpc) is 3.05. The van der Waals surface area contributed by atoms with E-state index in [9.17, 15) is 4.79 Å². The number of hydrogen-bond acceptors (Lipinski definition) is 5. The molecule has 3 rings (SSSR count). The van der Waals surface area contributed by atoms with Crippen LogP contribution in [0.5, 0.6) is 0 Å². The summed E-state index contributed by atoms with van der Waals surface area (Å²) in [5.74, 6) is 0.648. The summed E-state index contributed by atoms with van der Waals surface area (Å²) >= 11 is 0. The van der Waals surface area contributed by atoms with Crippen molar-refractivity contribution in [1.82, 2.24) is 19.8 Å². The molecule has 0 spiro atoms. The number of hydrogen-bond donors (Lipinski definition) is 3. The zero-order chi connectivity index (χ0) is 12.6. The second-order valence-corrected chi connectivity index (χ2v) is 4.84. The number of fused-ring (bicyclic) bond motifs is 1. The molecule has 7 heteroatoms. The third-order valence-corrected chi connectivity index (χ3v) is 3.52. The van der Waals surface area contributed by atoms with E-state index in [-0.39, 0.29) is 17.7 Å². The monoisotopic (exact) mass is 249 g/mol. The van der Waals surface area contributed by atoms with E-state index in [1.807, 2.05) is 0 Å². The molecule has 18 heavy (non-hydrogen) atoms. The highest BCUT2D eigenvalue weighted by atomic mass is 16.3. The third-order valence-electron chi connectivity index (χ3n) is 3.52. The molecule has 0 unspecified atom stereocenters. The van der Waals surface area contributed by atoms with Crippen LogP contribution in [0.3, 0.4) is 0 Å². The first-order valence-electron chi connectivity index (χ1n) is 6.02. The Balaban J connectivity index is 1.75. The number of rotatable bonds is 5. The van der Waals surface area contributed by atoms with Crippen molar-refractivity contribution in [1.29, 1.82) is 0 Å². The van der Waals surface area contributed by atoms with Crippen molar-refractivity contribution in [2.24, 2.45) is 5.41 Å². The van der Waals surface area contributed by atoms with Crippen LogP contribution < -0.4 is 11.0 Å². The number of aliphatic hydroxyl groups is 1. The second-order valence-electron chi connectivity index (χ2n) is 4.84. The zero-order valence-electron chi connectivity index (χ0n) is 9.89. The molecule has 0 atom stereocenters. The summed E-state index contributed by atoms with van der Waals surface area (Å²) in [6.45, 7) is 0.994. The lowest BCUT2D eigenvalue weighted by Gasteiger charge is -2.14. The lowest BCUT2D eigenvalue weighted by molar-refractivity contribution is 0.253. The molecular formula is C11H15N5O2. The lowest BCUT2D eigenvalue weighted by atomic mass is 10.0. The molecule has 7 nitrogen and oxygen atoms in total. The van der Waals surface area contributed by atoms with E-state index in [1.54, 1.807) is 12.1 Å². The minimum absolute atomic E-state index is 0.215. The summed E-state index contributed by atoms with van der Waals surface area (Å²) in [7, 11) is 0. The number of aromatic amines is 1. The van der Waals surface area contributed by atoms with Gasteiger partial charge < -0.3 is 10.4 Å². The van der Waals surface area contributed by atoms with Crippen LogP contribution >= 0.6 is 0 Å². The third kappa shape index (κ3) is 1.97. The largest absolute Gasteiger partial charge is 0.396 e. The summed E-state index contributed by atoms with van der Waals surface area (Å²) < 4.78 is 1.23. The van der Waals surface area contributed by atoms with Gasteiger partial charge >= 0.3 is 5.69 Å². The van der Waals surface area contributed by atoms with Gasteiger partial charge in [-0.05, 0) is 36.8 Å². The molecule has 96 valence electrons. The standard InChI is InChI=1S/C11H15N5O2/c17-6-5-11(3-4-11)7-12-8-1-2-9-13-14-10(18)16(9)15-8/h1-2,17H,3-7H2,(H,12,15)(H,14,18). The van der Waals surface area contributed by atoms with Gasteiger partial charge in [0.2, 0.25) is 0 Å². The van der Waals surface area contributed by atoms with Gasteiger partial charge in [0.25, 0.3) is 0 Å². The van der Waals surface area contributed by atoms with Gasteiger partial charge in [-0.25, -0.2) is 9.89 Å². The van der Waals surface area contributed by atoms with Gasteiger partial charge in [0.1, 0.15) is 5.82 Å². The topological polar surface area (TPSA) is 95.3 Å². The van der Waals surface area contributed by atoms with Crippen molar-refractivity contribution in [3.63, 3.8) is 0 Å². The number of nitrogens with zero attached hydrogens (tertiary/aromatic N) is 3. The maximum atomic E-state index is 11.4. The fourth-order valence-electron chi connectivity index (χ4n) is 2.10. The van der Waals surface area contributed by atoms with Crippen LogP contribution in [0.25, 0.3) is 5.65 Å². The van der Waals surface area contributed by atoms with Crippen molar-refractivity contribution < 1.29 is 5.11 Å². The summed E-state index contributed by atoms with van der Waals surface area (Å²) in [6, 6.07) is 3.53. The van der Waals surface area contributed by atoms with E-state index in [1.165, 1.54) is 4.52 Å². The second kappa shape index (κ2) is 4.09. The highest BCUT2D eigenvalue weighted by molar-refractivity contribution is 5.43. The zero-order valence-corrected chi connectivity index (χ0v) is 9.89. The minimum atomic E-state index is -0.342. The van der Waals surface area contributed by atoms with Crippen molar-refractivity contribution in [2.45, 2.75) is 19.3 Å². The van der Waals surface area contributed by atoms with Gasteiger partial charge in [0, 0.05) is 13.2 Å². The smallest absolute Gasteiger partial charge is 0.364 e. The summed E-state index contributed by atoms with van der Waals surface area (Å²) in [5.41, 5.74) is 0.374. The fourth-order valence-corrected chi connectivity index (χ4v) is 2.10. The summed E-state index contributed by atoms with van der Waals surface area (Å²) in [6.07, 6.45) is 3.08. The average molecular weight is 249 g/mol. The number of H-pyrrole nitrogens is 1. The Morgan fingerprint density at radius 2 is 2.33 bits per heavy atom. The molecule has 3 N–H and O–H groups in total. The highest BCUT2D eigenvalue weighted by Gasteiger charge is 2.41. The summed E-state index contributed by atoms with van der Waals surface area (Å²) in [4.78, 5) is 11.4. The Labute approximate surface area is 103 Å². The van der Waals surface area contributed by atoms with Crippen molar-refractivity contribution in [3.05, 3.63) is 22.6 Å². The molecule has 0 bridgehead atoms. The van der Waals surface area contributed by atoms with Crippen molar-refractivity contribution >= 4 is 11.5 Å². The van der Waals surface area contributed by atoms with Gasteiger partial charge in [-0.3, -0.25) is 0 Å². The number of nitrogens with one attached hydrogen (secondary N) is 2. The van der Waals surface area contributed by atoms with E-state index in [0.717, 1.165) is 25.8 Å². The first-order valence-corrected chi connectivity index (χ1v) is 6.02. The normalized spacial score (nSPS) is 16.9. The van der Waals surface area contributed by atoms with Crippen LogP contribution in [0, 0.1) is 5.41 Å². The van der Waals surface area contributed by atoms with Gasteiger partial charge in [-0.1, -0.05) is 0 Å². The molecule has 0 amide bonds. The van der Waals surface area contributed by atoms with Crippen molar-refractivity contribution in [3.8, 4) is 0 Å². The maximum absolute atomic E-state index is 11.4. The first kappa shape index (κ1) is 11.2. The van der Waals surface area contributed by atoms with Gasteiger partial charge in [-0.2, -0.15) is 9.61 Å². The van der Waals surface area contributed by atoms with Crippen LogP contribution in [0.4, 0.5) is 5.82 Å². The van der Waals surface area contributed by atoms with Crippen LogP contribution in [0.1, 0.15) is 19.3 Å². The number of aliphatic hydroxyl groups excluding tert-OH is 1.